The van der Waals surface area contributed by atoms with Crippen molar-refractivity contribution in [3.8, 4) is 10.6 Å². The van der Waals surface area contributed by atoms with Crippen LogP contribution >= 0.6 is 11.3 Å². The first-order valence-electron chi connectivity index (χ1n) is 9.24. The zero-order chi connectivity index (χ0) is 21.9. The van der Waals surface area contributed by atoms with Gasteiger partial charge in [-0.3, -0.25) is 19.0 Å². The summed E-state index contributed by atoms with van der Waals surface area (Å²) in [5, 5.41) is 4.86. The first-order valence-corrected chi connectivity index (χ1v) is 10.1. The molecule has 0 atom stereocenters. The van der Waals surface area contributed by atoms with Gasteiger partial charge >= 0.3 is 5.97 Å². The van der Waals surface area contributed by atoms with Gasteiger partial charge in [0.1, 0.15) is 34.4 Å². The lowest BCUT2D eigenvalue weighted by atomic mass is 10.2. The van der Waals surface area contributed by atoms with E-state index in [0.717, 1.165) is 5.56 Å². The first-order chi connectivity index (χ1) is 14.1. The number of rotatable bonds is 5. The molecule has 3 rings (SSSR count). The Bertz CT molecular complexity index is 1130. The summed E-state index contributed by atoms with van der Waals surface area (Å²) in [4.78, 5) is 45.9. The number of nitrogens with one attached hydrogen (secondary N) is 1. The first kappa shape index (κ1) is 21.4. The van der Waals surface area contributed by atoms with Crippen molar-refractivity contribution in [1.29, 1.82) is 0 Å². The lowest BCUT2D eigenvalue weighted by Gasteiger charge is -2.20. The van der Waals surface area contributed by atoms with E-state index in [1.807, 2.05) is 30.3 Å². The van der Waals surface area contributed by atoms with Crippen LogP contribution in [0.2, 0.25) is 0 Å². The summed E-state index contributed by atoms with van der Waals surface area (Å²) in [5.41, 5.74) is -0.158. The average molecular weight is 426 g/mol. The molecule has 3 aromatic rings. The number of ether oxygens (including phenoxy) is 1. The van der Waals surface area contributed by atoms with Crippen molar-refractivity contribution in [2.45, 2.75) is 39.8 Å². The molecule has 0 fully saturated rings. The molecule has 8 nitrogen and oxygen atoms in total. The molecule has 0 saturated carbocycles. The summed E-state index contributed by atoms with van der Waals surface area (Å²) in [6.45, 7) is 6.53. The van der Waals surface area contributed by atoms with Gasteiger partial charge in [-0.15, -0.1) is 11.3 Å². The number of esters is 1. The van der Waals surface area contributed by atoms with E-state index in [4.69, 9.17) is 4.74 Å². The average Bonchev–Trinajstić information content (AvgIpc) is 3.17. The Morgan fingerprint density at radius 1 is 1.20 bits per heavy atom. The maximum absolute atomic E-state index is 12.8. The molecule has 0 unspecified atom stereocenters. The number of hydrogen-bond acceptors (Lipinski definition) is 7. The van der Waals surface area contributed by atoms with Gasteiger partial charge in [0.05, 0.1) is 6.20 Å². The highest BCUT2D eigenvalue weighted by molar-refractivity contribution is 7.13. The molecular formula is C21H22N4O4S. The maximum atomic E-state index is 12.8. The normalized spacial score (nSPS) is 11.2. The number of hydrogen-bond donors (Lipinski definition) is 1. The summed E-state index contributed by atoms with van der Waals surface area (Å²) in [6, 6.07) is 9.49. The predicted molar refractivity (Wildman–Crippen MR) is 115 cm³/mol. The molecule has 9 heteroatoms. The fraction of sp³-hybridized carbons (Fsp3) is 0.286. The van der Waals surface area contributed by atoms with E-state index in [1.54, 1.807) is 33.1 Å². The van der Waals surface area contributed by atoms with Gasteiger partial charge in [0.2, 0.25) is 0 Å². The van der Waals surface area contributed by atoms with Crippen molar-refractivity contribution < 1.29 is 14.3 Å². The molecule has 0 aliphatic carbocycles. The maximum Gasteiger partial charge on any atom is 0.326 e. The van der Waals surface area contributed by atoms with Crippen molar-refractivity contribution in [3.63, 3.8) is 0 Å². The van der Waals surface area contributed by atoms with Crippen LogP contribution in [0.1, 0.15) is 37.1 Å². The number of benzene rings is 1. The highest BCUT2D eigenvalue weighted by Crippen LogP contribution is 2.23. The van der Waals surface area contributed by atoms with Gasteiger partial charge in [0.25, 0.3) is 11.5 Å². The van der Waals surface area contributed by atoms with Crippen LogP contribution in [0.25, 0.3) is 10.6 Å². The molecule has 1 amide bonds. The second-order valence-corrected chi connectivity index (χ2v) is 8.41. The molecule has 156 valence electrons. The van der Waals surface area contributed by atoms with Gasteiger partial charge in [-0.05, 0) is 27.7 Å². The van der Waals surface area contributed by atoms with Crippen LogP contribution in [0.5, 0.6) is 0 Å². The number of aromatic nitrogens is 3. The van der Waals surface area contributed by atoms with Crippen molar-refractivity contribution in [2.24, 2.45) is 0 Å². The highest BCUT2D eigenvalue weighted by atomic mass is 32.1. The Labute approximate surface area is 177 Å². The van der Waals surface area contributed by atoms with E-state index < -0.39 is 23.0 Å². The molecule has 0 aliphatic heterocycles. The van der Waals surface area contributed by atoms with Crippen LogP contribution < -0.4 is 10.9 Å². The topological polar surface area (TPSA) is 103 Å². The molecule has 0 aliphatic rings. The van der Waals surface area contributed by atoms with Crippen LogP contribution in [0.4, 0.5) is 5.69 Å². The van der Waals surface area contributed by atoms with Gasteiger partial charge in [0, 0.05) is 10.9 Å². The predicted octanol–water partition coefficient (Wildman–Crippen LogP) is 3.27. The van der Waals surface area contributed by atoms with Crippen molar-refractivity contribution in [1.82, 2.24) is 14.5 Å². The molecule has 2 heterocycles. The molecule has 1 aromatic carbocycles. The molecule has 30 heavy (non-hydrogen) atoms. The third-order valence-corrected chi connectivity index (χ3v) is 4.85. The third kappa shape index (κ3) is 5.18. The molecule has 1 N–H and O–H groups in total. The minimum absolute atomic E-state index is 0.0385. The Morgan fingerprint density at radius 3 is 2.57 bits per heavy atom. The lowest BCUT2D eigenvalue weighted by molar-refractivity contribution is -0.155. The van der Waals surface area contributed by atoms with Crippen molar-refractivity contribution in [2.75, 3.05) is 5.32 Å². The van der Waals surface area contributed by atoms with E-state index >= 15 is 0 Å². The SMILES string of the molecule is Cc1ncc(NC(=O)c2csc(-c3ccccc3)n2)c(=O)n1CC(=O)OC(C)(C)C. The van der Waals surface area contributed by atoms with Crippen LogP contribution in [0, 0.1) is 6.92 Å². The summed E-state index contributed by atoms with van der Waals surface area (Å²) >= 11 is 1.33. The largest absolute Gasteiger partial charge is 0.459 e. The van der Waals surface area contributed by atoms with Crippen LogP contribution in [0.15, 0.2) is 46.7 Å². The number of aryl methyl sites for hydroxylation is 1. The third-order valence-electron chi connectivity index (χ3n) is 3.96. The lowest BCUT2D eigenvalue weighted by Crippen LogP contribution is -2.33. The zero-order valence-corrected chi connectivity index (χ0v) is 17.9. The second-order valence-electron chi connectivity index (χ2n) is 7.55. The van der Waals surface area contributed by atoms with Crippen molar-refractivity contribution >= 4 is 28.9 Å². The molecule has 0 bridgehead atoms. The van der Waals surface area contributed by atoms with Crippen LogP contribution in [-0.2, 0) is 16.1 Å². The number of carbonyl (C=O) groups excluding carboxylic acids is 2. The molecular weight excluding hydrogens is 404 g/mol. The highest BCUT2D eigenvalue weighted by Gasteiger charge is 2.20. The number of carbonyl (C=O) groups is 2. The number of anilines is 1. The van der Waals surface area contributed by atoms with Gasteiger partial charge in [0.15, 0.2) is 0 Å². The van der Waals surface area contributed by atoms with E-state index in [2.05, 4.69) is 15.3 Å². The van der Waals surface area contributed by atoms with Gasteiger partial charge in [-0.1, -0.05) is 30.3 Å². The number of thiazole rings is 1. The summed E-state index contributed by atoms with van der Waals surface area (Å²) in [5.74, 6) is -0.756. The second kappa shape index (κ2) is 8.58. The Morgan fingerprint density at radius 2 is 1.90 bits per heavy atom. The summed E-state index contributed by atoms with van der Waals surface area (Å²) in [6.07, 6.45) is 1.27. The molecule has 0 radical (unpaired) electrons. The smallest absolute Gasteiger partial charge is 0.326 e. The minimum Gasteiger partial charge on any atom is -0.459 e. The molecule has 0 spiro atoms. The van der Waals surface area contributed by atoms with Gasteiger partial charge in [-0.25, -0.2) is 9.97 Å². The Balaban J connectivity index is 1.79. The molecule has 0 saturated heterocycles. The molecule has 2 aromatic heterocycles. The van der Waals surface area contributed by atoms with E-state index in [1.165, 1.54) is 22.1 Å². The van der Waals surface area contributed by atoms with Crippen LogP contribution in [0.3, 0.4) is 0 Å². The van der Waals surface area contributed by atoms with E-state index in [-0.39, 0.29) is 17.9 Å². The van der Waals surface area contributed by atoms with Crippen LogP contribution in [-0.4, -0.2) is 32.0 Å². The van der Waals surface area contributed by atoms with E-state index in [9.17, 15) is 14.4 Å². The Hall–Kier alpha value is -3.33. The fourth-order valence-electron chi connectivity index (χ4n) is 2.63. The summed E-state index contributed by atoms with van der Waals surface area (Å²) in [7, 11) is 0. The quantitative estimate of drug-likeness (QED) is 0.628. The van der Waals surface area contributed by atoms with Gasteiger partial charge < -0.3 is 10.1 Å². The van der Waals surface area contributed by atoms with Crippen molar-refractivity contribution in [3.05, 3.63) is 63.8 Å². The zero-order valence-electron chi connectivity index (χ0n) is 17.1. The monoisotopic (exact) mass is 426 g/mol. The Kier molecular flexibility index (Phi) is 6.12. The van der Waals surface area contributed by atoms with Gasteiger partial charge in [-0.2, -0.15) is 0 Å². The number of nitrogens with zero attached hydrogens (tertiary/aromatic N) is 3. The fourth-order valence-corrected chi connectivity index (χ4v) is 3.43. The minimum atomic E-state index is -0.672. The standard InChI is InChI=1S/C21H22N4O4S/c1-13-22-10-15(20(28)25(13)11-17(26)29-21(2,3)4)23-18(27)16-12-30-19(24-16)14-8-6-5-7-9-14/h5-10,12H,11H2,1-4H3,(H,23,27). The number of amides is 1. The van der Waals surface area contributed by atoms with E-state index in [0.29, 0.717) is 10.8 Å². The summed E-state index contributed by atoms with van der Waals surface area (Å²) < 4.78 is 6.43.